The number of aromatic hydroxyl groups is 1. The predicted molar refractivity (Wildman–Crippen MR) is 119 cm³/mol. The van der Waals surface area contributed by atoms with Crippen LogP contribution in [-0.2, 0) is 35.3 Å². The van der Waals surface area contributed by atoms with Crippen LogP contribution in [-0.4, -0.2) is 52.8 Å². The minimum absolute atomic E-state index is 0.124. The summed E-state index contributed by atoms with van der Waals surface area (Å²) < 4.78 is 27.5. The Kier molecular flexibility index (Phi) is 7.74. The summed E-state index contributed by atoms with van der Waals surface area (Å²) in [6.45, 7) is 6.01. The fourth-order valence-corrected chi connectivity index (χ4v) is 3.62. The van der Waals surface area contributed by atoms with Crippen molar-refractivity contribution in [2.24, 2.45) is 0 Å². The molecule has 0 saturated carbocycles. The summed E-state index contributed by atoms with van der Waals surface area (Å²) >= 11 is 0. The highest BCUT2D eigenvalue weighted by Crippen LogP contribution is 2.27. The van der Waals surface area contributed by atoms with Crippen LogP contribution in [0.5, 0.6) is 17.4 Å². The highest BCUT2D eigenvalue weighted by Gasteiger charge is 2.17. The van der Waals surface area contributed by atoms with Gasteiger partial charge in [0, 0.05) is 11.6 Å². The molecule has 1 saturated heterocycles. The van der Waals surface area contributed by atoms with Crippen molar-refractivity contribution in [1.29, 1.82) is 0 Å². The molecule has 33 heavy (non-hydrogen) atoms. The van der Waals surface area contributed by atoms with Gasteiger partial charge in [-0.2, -0.15) is 4.98 Å². The van der Waals surface area contributed by atoms with Crippen LogP contribution in [0, 0.1) is 6.92 Å². The van der Waals surface area contributed by atoms with Crippen molar-refractivity contribution in [3.05, 3.63) is 58.9 Å². The Morgan fingerprint density at radius 1 is 1.09 bits per heavy atom. The number of hydrogen-bond donors (Lipinski definition) is 1. The van der Waals surface area contributed by atoms with Gasteiger partial charge in [0.25, 0.3) is 5.89 Å². The molecule has 3 aromatic rings. The van der Waals surface area contributed by atoms with Gasteiger partial charge in [-0.05, 0) is 43.9 Å². The zero-order valence-electron chi connectivity index (χ0n) is 19.0. The van der Waals surface area contributed by atoms with E-state index in [2.05, 4.69) is 15.1 Å². The summed E-state index contributed by atoms with van der Waals surface area (Å²) in [5.41, 5.74) is 2.81. The standard InChI is InChI=1S/C24H29N3O6/c1-3-20-21(26-23(12-22(20)28)32-14-19-13-29-10-11-30-19)9-6-17-4-7-18(8-5-17)31-15-24-25-16(2)27-33-24/h4-5,7-8,12,19H,3,6,9-11,13-15H2,1-2H3,(H,26,28). The Bertz CT molecular complexity index is 1030. The Hall–Kier alpha value is -3.17. The van der Waals surface area contributed by atoms with Crippen LogP contribution >= 0.6 is 0 Å². The zero-order chi connectivity index (χ0) is 23.0. The van der Waals surface area contributed by atoms with Gasteiger partial charge >= 0.3 is 0 Å². The SMILES string of the molecule is CCc1c(O)cc(OCC2COCCO2)nc1CCc1ccc(OCc2nc(C)no2)cc1. The van der Waals surface area contributed by atoms with Gasteiger partial charge in [-0.1, -0.05) is 24.2 Å². The van der Waals surface area contributed by atoms with E-state index >= 15 is 0 Å². The first-order valence-corrected chi connectivity index (χ1v) is 11.2. The zero-order valence-corrected chi connectivity index (χ0v) is 19.0. The van der Waals surface area contributed by atoms with Gasteiger partial charge in [-0.25, -0.2) is 4.98 Å². The minimum atomic E-state index is -0.124. The van der Waals surface area contributed by atoms with E-state index in [4.69, 9.17) is 23.5 Å². The van der Waals surface area contributed by atoms with Crippen LogP contribution in [0.4, 0.5) is 0 Å². The first-order chi connectivity index (χ1) is 16.1. The molecule has 1 aliphatic heterocycles. The summed E-state index contributed by atoms with van der Waals surface area (Å²) in [5, 5.41) is 14.2. The Morgan fingerprint density at radius 2 is 1.94 bits per heavy atom. The summed E-state index contributed by atoms with van der Waals surface area (Å²) in [5.74, 6) is 2.36. The molecule has 0 bridgehead atoms. The van der Waals surface area contributed by atoms with Crippen molar-refractivity contribution in [1.82, 2.24) is 15.1 Å². The van der Waals surface area contributed by atoms with Crippen molar-refractivity contribution in [3.8, 4) is 17.4 Å². The highest BCUT2D eigenvalue weighted by atomic mass is 16.6. The van der Waals surface area contributed by atoms with E-state index in [-0.39, 0.29) is 18.5 Å². The van der Waals surface area contributed by atoms with Crippen LogP contribution in [0.15, 0.2) is 34.9 Å². The topological polar surface area (TPSA) is 109 Å². The second-order valence-electron chi connectivity index (χ2n) is 7.81. The van der Waals surface area contributed by atoms with Gasteiger partial charge in [0.15, 0.2) is 12.4 Å². The molecule has 9 nitrogen and oxygen atoms in total. The van der Waals surface area contributed by atoms with Crippen LogP contribution in [0.1, 0.15) is 35.5 Å². The van der Waals surface area contributed by atoms with Crippen molar-refractivity contribution in [3.63, 3.8) is 0 Å². The van der Waals surface area contributed by atoms with E-state index in [0.717, 1.165) is 29.0 Å². The number of rotatable bonds is 10. The maximum absolute atomic E-state index is 10.5. The number of benzene rings is 1. The number of nitrogens with zero attached hydrogens (tertiary/aromatic N) is 3. The van der Waals surface area contributed by atoms with Gasteiger partial charge in [-0.15, -0.1) is 0 Å². The molecule has 1 N–H and O–H groups in total. The Labute approximate surface area is 192 Å². The molecule has 1 aliphatic rings. The van der Waals surface area contributed by atoms with E-state index in [9.17, 15) is 5.11 Å². The molecular formula is C24H29N3O6. The van der Waals surface area contributed by atoms with Crippen LogP contribution in [0.2, 0.25) is 0 Å². The maximum Gasteiger partial charge on any atom is 0.264 e. The molecular weight excluding hydrogens is 426 g/mol. The number of hydrogen-bond acceptors (Lipinski definition) is 9. The van der Waals surface area contributed by atoms with E-state index in [0.29, 0.717) is 56.9 Å². The molecule has 0 aliphatic carbocycles. The van der Waals surface area contributed by atoms with Crippen LogP contribution in [0.3, 0.4) is 0 Å². The van der Waals surface area contributed by atoms with Gasteiger partial charge in [-0.3, -0.25) is 0 Å². The fraction of sp³-hybridized carbons (Fsp3) is 0.458. The molecule has 4 rings (SSSR count). The van der Waals surface area contributed by atoms with E-state index < -0.39 is 0 Å². The third-order valence-electron chi connectivity index (χ3n) is 5.32. The molecule has 1 atom stereocenters. The quantitative estimate of drug-likeness (QED) is 0.493. The lowest BCUT2D eigenvalue weighted by atomic mass is 10.0. The van der Waals surface area contributed by atoms with Crippen molar-refractivity contribution in [2.75, 3.05) is 26.4 Å². The second kappa shape index (κ2) is 11.1. The highest BCUT2D eigenvalue weighted by molar-refractivity contribution is 5.40. The molecule has 0 radical (unpaired) electrons. The average molecular weight is 456 g/mol. The average Bonchev–Trinajstić information content (AvgIpc) is 3.26. The number of aromatic nitrogens is 3. The van der Waals surface area contributed by atoms with Crippen LogP contribution in [0.25, 0.3) is 0 Å². The number of ether oxygens (including phenoxy) is 4. The normalized spacial score (nSPS) is 16.0. The molecule has 2 aromatic heterocycles. The Balaban J connectivity index is 1.34. The number of pyridine rings is 1. The molecule has 1 fully saturated rings. The fourth-order valence-electron chi connectivity index (χ4n) is 3.62. The van der Waals surface area contributed by atoms with Crippen molar-refractivity contribution < 1.29 is 28.6 Å². The van der Waals surface area contributed by atoms with E-state index in [1.165, 1.54) is 0 Å². The summed E-state index contributed by atoms with van der Waals surface area (Å²) in [6.07, 6.45) is 2.02. The molecule has 1 aromatic carbocycles. The molecule has 1 unspecified atom stereocenters. The first-order valence-electron chi connectivity index (χ1n) is 11.2. The van der Waals surface area contributed by atoms with Gasteiger partial charge in [0.1, 0.15) is 24.2 Å². The molecule has 3 heterocycles. The molecule has 0 spiro atoms. The molecule has 9 heteroatoms. The van der Waals surface area contributed by atoms with Crippen LogP contribution < -0.4 is 9.47 Å². The number of aryl methyl sites for hydroxylation is 3. The Morgan fingerprint density at radius 3 is 2.64 bits per heavy atom. The lowest BCUT2D eigenvalue weighted by molar-refractivity contribution is -0.102. The smallest absolute Gasteiger partial charge is 0.264 e. The van der Waals surface area contributed by atoms with Gasteiger partial charge in [0.05, 0.1) is 25.5 Å². The van der Waals surface area contributed by atoms with Crippen molar-refractivity contribution in [2.45, 2.75) is 45.8 Å². The largest absolute Gasteiger partial charge is 0.507 e. The van der Waals surface area contributed by atoms with E-state index in [1.807, 2.05) is 31.2 Å². The lowest BCUT2D eigenvalue weighted by Gasteiger charge is -2.23. The summed E-state index contributed by atoms with van der Waals surface area (Å²) in [6, 6.07) is 9.43. The monoisotopic (exact) mass is 455 g/mol. The van der Waals surface area contributed by atoms with Gasteiger partial charge < -0.3 is 28.6 Å². The van der Waals surface area contributed by atoms with Crippen molar-refractivity contribution >= 4 is 0 Å². The summed E-state index contributed by atoms with van der Waals surface area (Å²) in [4.78, 5) is 8.78. The predicted octanol–water partition coefficient (Wildman–Crippen LogP) is 3.20. The van der Waals surface area contributed by atoms with Gasteiger partial charge in [0.2, 0.25) is 5.88 Å². The third kappa shape index (κ3) is 6.43. The van der Waals surface area contributed by atoms with E-state index in [1.54, 1.807) is 13.0 Å². The maximum atomic E-state index is 10.5. The lowest BCUT2D eigenvalue weighted by Crippen LogP contribution is -2.33. The summed E-state index contributed by atoms with van der Waals surface area (Å²) in [7, 11) is 0. The molecule has 176 valence electrons. The second-order valence-corrected chi connectivity index (χ2v) is 7.81. The molecule has 0 amide bonds. The first kappa shape index (κ1) is 23.0. The minimum Gasteiger partial charge on any atom is -0.507 e. The third-order valence-corrected chi connectivity index (χ3v) is 5.32.